The smallest absolute Gasteiger partial charge is 0.127 e. The third kappa shape index (κ3) is 3.75. The second kappa shape index (κ2) is 6.61. The Balaban J connectivity index is 1.98. The van der Waals surface area contributed by atoms with Crippen molar-refractivity contribution in [3.63, 3.8) is 0 Å². The molecule has 0 spiro atoms. The first-order chi connectivity index (χ1) is 8.69. The van der Waals surface area contributed by atoms with Crippen molar-refractivity contribution >= 4 is 15.9 Å². The van der Waals surface area contributed by atoms with E-state index in [-0.39, 0.29) is 11.9 Å². The van der Waals surface area contributed by atoms with Crippen LogP contribution in [0.2, 0.25) is 0 Å². The zero-order chi connectivity index (χ0) is 13.0. The molecule has 1 fully saturated rings. The summed E-state index contributed by atoms with van der Waals surface area (Å²) >= 11 is 3.38. The molecule has 0 saturated carbocycles. The van der Waals surface area contributed by atoms with E-state index < -0.39 is 0 Å². The highest BCUT2D eigenvalue weighted by atomic mass is 79.9. The highest BCUT2D eigenvalue weighted by Crippen LogP contribution is 2.18. The quantitative estimate of drug-likeness (QED) is 0.919. The van der Waals surface area contributed by atoms with E-state index in [0.29, 0.717) is 13.2 Å². The standard InChI is InChI=1S/C13H18BrFN2O/c1-16-7-12-9-17(4-5-18-12)8-10-6-11(14)2-3-13(10)15/h2-3,6,12,16H,4-5,7-9H2,1H3. The number of hydrogen-bond donors (Lipinski definition) is 1. The Morgan fingerprint density at radius 3 is 3.17 bits per heavy atom. The molecule has 1 aromatic carbocycles. The van der Waals surface area contributed by atoms with Gasteiger partial charge in [-0.2, -0.15) is 0 Å². The summed E-state index contributed by atoms with van der Waals surface area (Å²) < 4.78 is 20.2. The van der Waals surface area contributed by atoms with E-state index in [9.17, 15) is 4.39 Å². The van der Waals surface area contributed by atoms with Gasteiger partial charge in [-0.05, 0) is 25.2 Å². The molecule has 18 heavy (non-hydrogen) atoms. The maximum absolute atomic E-state index is 13.7. The molecular formula is C13H18BrFN2O. The van der Waals surface area contributed by atoms with Crippen LogP contribution < -0.4 is 5.32 Å². The summed E-state index contributed by atoms with van der Waals surface area (Å²) in [6.45, 7) is 3.87. The van der Waals surface area contributed by atoms with E-state index in [1.54, 1.807) is 6.07 Å². The van der Waals surface area contributed by atoms with Crippen LogP contribution in [0, 0.1) is 5.82 Å². The van der Waals surface area contributed by atoms with Gasteiger partial charge in [0.05, 0.1) is 12.7 Å². The molecule has 0 aliphatic carbocycles. The highest BCUT2D eigenvalue weighted by molar-refractivity contribution is 9.10. The number of morpholine rings is 1. The van der Waals surface area contributed by atoms with Crippen LogP contribution in [0.4, 0.5) is 4.39 Å². The van der Waals surface area contributed by atoms with Crippen LogP contribution in [0.1, 0.15) is 5.56 Å². The Morgan fingerprint density at radius 2 is 2.39 bits per heavy atom. The number of hydrogen-bond acceptors (Lipinski definition) is 3. The minimum atomic E-state index is -0.144. The van der Waals surface area contributed by atoms with Crippen molar-refractivity contribution in [2.24, 2.45) is 0 Å². The van der Waals surface area contributed by atoms with Gasteiger partial charge in [0, 0.05) is 36.2 Å². The lowest BCUT2D eigenvalue weighted by Gasteiger charge is -2.33. The van der Waals surface area contributed by atoms with Crippen molar-refractivity contribution < 1.29 is 9.13 Å². The third-order valence-electron chi connectivity index (χ3n) is 3.06. The van der Waals surface area contributed by atoms with Crippen molar-refractivity contribution in [2.45, 2.75) is 12.6 Å². The van der Waals surface area contributed by atoms with E-state index in [4.69, 9.17) is 4.74 Å². The van der Waals surface area contributed by atoms with Crippen molar-refractivity contribution in [3.8, 4) is 0 Å². The first-order valence-corrected chi connectivity index (χ1v) is 6.91. The fourth-order valence-electron chi connectivity index (χ4n) is 2.18. The van der Waals surface area contributed by atoms with Crippen molar-refractivity contribution in [1.82, 2.24) is 10.2 Å². The molecule has 0 aromatic heterocycles. The highest BCUT2D eigenvalue weighted by Gasteiger charge is 2.20. The first-order valence-electron chi connectivity index (χ1n) is 6.11. The number of ether oxygens (including phenoxy) is 1. The van der Waals surface area contributed by atoms with E-state index in [0.717, 1.165) is 29.7 Å². The van der Waals surface area contributed by atoms with Gasteiger partial charge in [-0.15, -0.1) is 0 Å². The number of benzene rings is 1. The molecule has 1 heterocycles. The van der Waals surface area contributed by atoms with Gasteiger partial charge in [-0.25, -0.2) is 4.39 Å². The van der Waals surface area contributed by atoms with Gasteiger partial charge in [0.1, 0.15) is 5.82 Å². The first kappa shape index (κ1) is 13.9. The summed E-state index contributed by atoms with van der Waals surface area (Å²) in [6, 6.07) is 5.07. The maximum Gasteiger partial charge on any atom is 0.127 e. The average Bonchev–Trinajstić information content (AvgIpc) is 2.35. The van der Waals surface area contributed by atoms with Crippen LogP contribution in [0.5, 0.6) is 0 Å². The number of likely N-dealkylation sites (N-methyl/N-ethyl adjacent to an activating group) is 1. The molecule has 1 N–H and O–H groups in total. The summed E-state index contributed by atoms with van der Waals surface area (Å²) in [4.78, 5) is 2.23. The van der Waals surface area contributed by atoms with Crippen LogP contribution in [0.15, 0.2) is 22.7 Å². The molecule has 0 amide bonds. The van der Waals surface area contributed by atoms with Crippen LogP contribution in [0.3, 0.4) is 0 Å². The van der Waals surface area contributed by atoms with Crippen LogP contribution in [-0.4, -0.2) is 44.3 Å². The average molecular weight is 317 g/mol. The summed E-state index contributed by atoms with van der Waals surface area (Å²) in [5.41, 5.74) is 0.731. The lowest BCUT2D eigenvalue weighted by Crippen LogP contribution is -2.45. The number of nitrogens with one attached hydrogen (secondary N) is 1. The van der Waals surface area contributed by atoms with Crippen molar-refractivity contribution in [3.05, 3.63) is 34.1 Å². The fraction of sp³-hybridized carbons (Fsp3) is 0.538. The van der Waals surface area contributed by atoms with Gasteiger partial charge in [-0.3, -0.25) is 4.90 Å². The molecule has 1 aliphatic heterocycles. The molecule has 5 heteroatoms. The van der Waals surface area contributed by atoms with Crippen LogP contribution in [-0.2, 0) is 11.3 Å². The second-order valence-electron chi connectivity index (χ2n) is 4.52. The predicted molar refractivity (Wildman–Crippen MR) is 73.0 cm³/mol. The largest absolute Gasteiger partial charge is 0.374 e. The number of halogens is 2. The Hall–Kier alpha value is -0.490. The van der Waals surface area contributed by atoms with Crippen molar-refractivity contribution in [2.75, 3.05) is 33.3 Å². The van der Waals surface area contributed by atoms with Gasteiger partial charge < -0.3 is 10.1 Å². The van der Waals surface area contributed by atoms with E-state index in [1.807, 2.05) is 13.1 Å². The van der Waals surface area contributed by atoms with Crippen LogP contribution in [0.25, 0.3) is 0 Å². The monoisotopic (exact) mass is 316 g/mol. The lowest BCUT2D eigenvalue weighted by atomic mass is 10.1. The van der Waals surface area contributed by atoms with Crippen LogP contribution >= 0.6 is 15.9 Å². The summed E-state index contributed by atoms with van der Waals surface area (Å²) in [7, 11) is 1.91. The Labute approximate surface area is 115 Å². The SMILES string of the molecule is CNCC1CN(Cc2cc(Br)ccc2F)CCO1. The third-order valence-corrected chi connectivity index (χ3v) is 3.55. The zero-order valence-electron chi connectivity index (χ0n) is 10.5. The fourth-order valence-corrected chi connectivity index (χ4v) is 2.59. The maximum atomic E-state index is 13.7. The lowest BCUT2D eigenvalue weighted by molar-refractivity contribution is -0.0294. The summed E-state index contributed by atoms with van der Waals surface area (Å²) in [6.07, 6.45) is 0.193. The van der Waals surface area contributed by atoms with Gasteiger partial charge >= 0.3 is 0 Å². The minimum absolute atomic E-state index is 0.144. The normalized spacial score (nSPS) is 21.2. The number of nitrogens with zero attached hydrogens (tertiary/aromatic N) is 1. The van der Waals surface area contributed by atoms with Gasteiger partial charge in [0.25, 0.3) is 0 Å². The summed E-state index contributed by atoms with van der Waals surface area (Å²) in [5.74, 6) is -0.144. The summed E-state index contributed by atoms with van der Waals surface area (Å²) in [5, 5.41) is 3.11. The van der Waals surface area contributed by atoms with E-state index in [2.05, 4.69) is 26.1 Å². The molecule has 1 aromatic rings. The molecule has 1 aliphatic rings. The molecular weight excluding hydrogens is 299 g/mol. The molecule has 1 saturated heterocycles. The molecule has 0 bridgehead atoms. The topological polar surface area (TPSA) is 24.5 Å². The Morgan fingerprint density at radius 1 is 1.56 bits per heavy atom. The molecule has 3 nitrogen and oxygen atoms in total. The van der Waals surface area contributed by atoms with Gasteiger partial charge in [0.2, 0.25) is 0 Å². The molecule has 100 valence electrons. The molecule has 1 atom stereocenters. The minimum Gasteiger partial charge on any atom is -0.374 e. The Kier molecular flexibility index (Phi) is 5.12. The van der Waals surface area contributed by atoms with E-state index >= 15 is 0 Å². The molecule has 2 rings (SSSR count). The second-order valence-corrected chi connectivity index (χ2v) is 5.44. The van der Waals surface area contributed by atoms with E-state index in [1.165, 1.54) is 6.07 Å². The zero-order valence-corrected chi connectivity index (χ0v) is 12.0. The van der Waals surface area contributed by atoms with Gasteiger partial charge in [-0.1, -0.05) is 15.9 Å². The van der Waals surface area contributed by atoms with Gasteiger partial charge in [0.15, 0.2) is 0 Å². The number of rotatable bonds is 4. The Bertz CT molecular complexity index is 401. The molecule has 0 radical (unpaired) electrons. The van der Waals surface area contributed by atoms with Crippen molar-refractivity contribution in [1.29, 1.82) is 0 Å². The molecule has 1 unspecified atom stereocenters. The predicted octanol–water partition coefficient (Wildman–Crippen LogP) is 2.01.